The molecule has 0 radical (unpaired) electrons. The molecule has 0 bridgehead atoms. The Morgan fingerprint density at radius 2 is 1.52 bits per heavy atom. The minimum Gasteiger partial charge on any atom is -0.454 e. The molecule has 27 heavy (non-hydrogen) atoms. The van der Waals surface area contributed by atoms with Crippen LogP contribution in [-0.4, -0.2) is 27.5 Å². The van der Waals surface area contributed by atoms with E-state index in [1.54, 1.807) is 6.07 Å². The molecule has 3 rings (SSSR count). The zero-order valence-electron chi connectivity index (χ0n) is 16.4. The van der Waals surface area contributed by atoms with Crippen molar-refractivity contribution in [2.75, 3.05) is 6.61 Å². The Labute approximate surface area is 159 Å². The van der Waals surface area contributed by atoms with Gasteiger partial charge in [0.15, 0.2) is 6.61 Å². The minimum atomic E-state index is -0.482. The monoisotopic (exact) mass is 364 g/mol. The molecule has 2 heterocycles. The predicted molar refractivity (Wildman–Crippen MR) is 105 cm³/mol. The van der Waals surface area contributed by atoms with Crippen molar-refractivity contribution in [3.63, 3.8) is 0 Å². The number of aryl methyl sites for hydroxylation is 2. The van der Waals surface area contributed by atoms with Crippen molar-refractivity contribution in [2.24, 2.45) is 7.05 Å². The average Bonchev–Trinajstić information content (AvgIpc) is 3.10. The van der Waals surface area contributed by atoms with E-state index in [4.69, 9.17) is 4.74 Å². The second-order valence-corrected chi connectivity index (χ2v) is 6.80. The summed E-state index contributed by atoms with van der Waals surface area (Å²) in [7, 11) is 1.91. The summed E-state index contributed by atoms with van der Waals surface area (Å²) < 4.78 is 9.27. The first-order chi connectivity index (χ1) is 12.8. The molecule has 1 aromatic carbocycles. The van der Waals surface area contributed by atoms with E-state index in [1.165, 1.54) is 0 Å². The van der Waals surface area contributed by atoms with Gasteiger partial charge in [-0.15, -0.1) is 0 Å². The van der Waals surface area contributed by atoms with Crippen LogP contribution in [0.15, 0.2) is 42.5 Å². The summed E-state index contributed by atoms with van der Waals surface area (Å²) >= 11 is 0. The molecule has 5 nitrogen and oxygen atoms in total. The number of aromatic nitrogens is 2. The lowest BCUT2D eigenvalue weighted by Gasteiger charge is -2.09. The van der Waals surface area contributed by atoms with Crippen LogP contribution < -0.4 is 0 Å². The van der Waals surface area contributed by atoms with Gasteiger partial charge >= 0.3 is 5.97 Å². The third-order valence-electron chi connectivity index (χ3n) is 5.08. The molecule has 3 aromatic rings. The van der Waals surface area contributed by atoms with Gasteiger partial charge in [0.1, 0.15) is 0 Å². The summed E-state index contributed by atoms with van der Waals surface area (Å²) in [6, 6.07) is 13.5. The lowest BCUT2D eigenvalue weighted by Crippen LogP contribution is -2.15. The topological polar surface area (TPSA) is 53.2 Å². The number of benzene rings is 1. The smallest absolute Gasteiger partial charge is 0.340 e. The number of esters is 1. The van der Waals surface area contributed by atoms with Gasteiger partial charge in [0.25, 0.3) is 0 Å². The number of carbonyl (C=O) groups is 2. The largest absolute Gasteiger partial charge is 0.454 e. The van der Waals surface area contributed by atoms with E-state index in [1.807, 2.05) is 80.3 Å². The number of nitrogens with zero attached hydrogens (tertiary/aromatic N) is 2. The molecule has 0 N–H and O–H groups in total. The molecule has 0 aliphatic carbocycles. The maximum atomic E-state index is 12.6. The fraction of sp³-hybridized carbons (Fsp3) is 0.273. The summed E-state index contributed by atoms with van der Waals surface area (Å²) in [5.74, 6) is -0.676. The minimum absolute atomic E-state index is 0.193. The molecule has 0 aliphatic rings. The molecule has 5 heteroatoms. The van der Waals surface area contributed by atoms with Crippen LogP contribution in [-0.2, 0) is 11.8 Å². The standard InChI is InChI=1S/C22H24N2O3/c1-14-11-19(16(3)23(14)5)21(25)13-27-22(26)20-12-15(2)24(17(20)4)18-9-7-6-8-10-18/h6-12H,13H2,1-5H3. The number of hydrogen-bond donors (Lipinski definition) is 0. The summed E-state index contributed by atoms with van der Waals surface area (Å²) in [5, 5.41) is 0. The van der Waals surface area contributed by atoms with E-state index in [-0.39, 0.29) is 12.4 Å². The van der Waals surface area contributed by atoms with Crippen LogP contribution in [0.25, 0.3) is 5.69 Å². The third kappa shape index (κ3) is 3.45. The van der Waals surface area contributed by atoms with E-state index in [9.17, 15) is 9.59 Å². The zero-order chi connectivity index (χ0) is 19.7. The molecule has 0 atom stereocenters. The fourth-order valence-corrected chi connectivity index (χ4v) is 3.37. The number of Topliss-reactive ketones (excluding diaryl/α,β-unsaturated/α-hetero) is 1. The quantitative estimate of drug-likeness (QED) is 0.506. The van der Waals surface area contributed by atoms with Crippen LogP contribution >= 0.6 is 0 Å². The van der Waals surface area contributed by atoms with Gasteiger partial charge in [-0.2, -0.15) is 0 Å². The first kappa shape index (κ1) is 18.7. The van der Waals surface area contributed by atoms with E-state index in [0.717, 1.165) is 28.5 Å². The van der Waals surface area contributed by atoms with E-state index < -0.39 is 5.97 Å². The van der Waals surface area contributed by atoms with Gasteiger partial charge in [-0.25, -0.2) is 4.79 Å². The maximum Gasteiger partial charge on any atom is 0.340 e. The normalized spacial score (nSPS) is 10.9. The Bertz CT molecular complexity index is 1010. The third-order valence-corrected chi connectivity index (χ3v) is 5.08. The molecule has 0 spiro atoms. The van der Waals surface area contributed by atoms with Crippen LogP contribution in [0.2, 0.25) is 0 Å². The zero-order valence-corrected chi connectivity index (χ0v) is 16.4. The molecule has 0 amide bonds. The van der Waals surface area contributed by atoms with Gasteiger partial charge < -0.3 is 13.9 Å². The van der Waals surface area contributed by atoms with Crippen molar-refractivity contribution in [2.45, 2.75) is 27.7 Å². The molecule has 0 unspecified atom stereocenters. The van der Waals surface area contributed by atoms with E-state index in [2.05, 4.69) is 0 Å². The van der Waals surface area contributed by atoms with Crippen LogP contribution in [0.5, 0.6) is 0 Å². The SMILES string of the molecule is Cc1cc(C(=O)COC(=O)c2cc(C)n(-c3ccccc3)c2C)c(C)n1C. The molecular formula is C22H24N2O3. The summed E-state index contributed by atoms with van der Waals surface area (Å²) in [5.41, 5.74) is 5.65. The summed E-state index contributed by atoms with van der Waals surface area (Å²) in [4.78, 5) is 25.0. The highest BCUT2D eigenvalue weighted by Gasteiger charge is 2.20. The van der Waals surface area contributed by atoms with Crippen molar-refractivity contribution in [1.29, 1.82) is 0 Å². The van der Waals surface area contributed by atoms with Crippen molar-refractivity contribution >= 4 is 11.8 Å². The van der Waals surface area contributed by atoms with Crippen molar-refractivity contribution in [1.82, 2.24) is 9.13 Å². The van der Waals surface area contributed by atoms with Gasteiger partial charge in [-0.05, 0) is 52.0 Å². The molecule has 2 aromatic heterocycles. The van der Waals surface area contributed by atoms with Gasteiger partial charge in [0.2, 0.25) is 5.78 Å². The van der Waals surface area contributed by atoms with Gasteiger partial charge in [0.05, 0.1) is 5.56 Å². The lowest BCUT2D eigenvalue weighted by molar-refractivity contribution is 0.0474. The Hall–Kier alpha value is -3.08. The van der Waals surface area contributed by atoms with Crippen LogP contribution in [0.1, 0.15) is 43.5 Å². The van der Waals surface area contributed by atoms with E-state index >= 15 is 0 Å². The number of ketones is 1. The molecule has 0 saturated heterocycles. The molecule has 0 fully saturated rings. The Morgan fingerprint density at radius 3 is 2.11 bits per heavy atom. The Kier molecular flexibility index (Phi) is 5.04. The molecule has 140 valence electrons. The molecule has 0 saturated carbocycles. The van der Waals surface area contributed by atoms with Crippen molar-refractivity contribution in [3.8, 4) is 5.69 Å². The highest BCUT2D eigenvalue weighted by Crippen LogP contribution is 2.21. The van der Waals surface area contributed by atoms with Crippen molar-refractivity contribution in [3.05, 3.63) is 76.4 Å². The second kappa shape index (κ2) is 7.27. The average molecular weight is 364 g/mol. The lowest BCUT2D eigenvalue weighted by atomic mass is 10.1. The van der Waals surface area contributed by atoms with Crippen molar-refractivity contribution < 1.29 is 14.3 Å². The number of carbonyl (C=O) groups excluding carboxylic acids is 2. The van der Waals surface area contributed by atoms with Crippen LogP contribution in [0.3, 0.4) is 0 Å². The number of rotatable bonds is 5. The van der Waals surface area contributed by atoms with Gasteiger partial charge in [-0.3, -0.25) is 4.79 Å². The highest BCUT2D eigenvalue weighted by molar-refractivity contribution is 6.00. The highest BCUT2D eigenvalue weighted by atomic mass is 16.5. The number of ether oxygens (including phenoxy) is 1. The fourth-order valence-electron chi connectivity index (χ4n) is 3.37. The van der Waals surface area contributed by atoms with Crippen LogP contribution in [0.4, 0.5) is 0 Å². The first-order valence-corrected chi connectivity index (χ1v) is 8.89. The first-order valence-electron chi connectivity index (χ1n) is 8.89. The predicted octanol–water partition coefficient (Wildman–Crippen LogP) is 4.09. The summed E-state index contributed by atoms with van der Waals surface area (Å²) in [6.45, 7) is 7.38. The Morgan fingerprint density at radius 1 is 0.889 bits per heavy atom. The molecular weight excluding hydrogens is 340 g/mol. The van der Waals surface area contributed by atoms with E-state index in [0.29, 0.717) is 11.1 Å². The van der Waals surface area contributed by atoms with Gasteiger partial charge in [0, 0.05) is 41.1 Å². The van der Waals surface area contributed by atoms with Crippen LogP contribution in [0, 0.1) is 27.7 Å². The van der Waals surface area contributed by atoms with Gasteiger partial charge in [-0.1, -0.05) is 18.2 Å². The maximum absolute atomic E-state index is 12.6. The molecule has 0 aliphatic heterocycles. The second-order valence-electron chi connectivity index (χ2n) is 6.80. The summed E-state index contributed by atoms with van der Waals surface area (Å²) in [6.07, 6.45) is 0. The Balaban J connectivity index is 1.77. The number of hydrogen-bond acceptors (Lipinski definition) is 3. The number of para-hydroxylation sites is 1.